The van der Waals surface area contributed by atoms with Gasteiger partial charge in [-0.2, -0.15) is 0 Å². The predicted octanol–water partition coefficient (Wildman–Crippen LogP) is 5.03. The van der Waals surface area contributed by atoms with E-state index in [2.05, 4.69) is 21.4 Å². The van der Waals surface area contributed by atoms with E-state index in [0.717, 1.165) is 32.1 Å². The summed E-state index contributed by atoms with van der Waals surface area (Å²) in [4.78, 5) is 20.6. The van der Waals surface area contributed by atoms with Gasteiger partial charge >= 0.3 is 0 Å². The van der Waals surface area contributed by atoms with Gasteiger partial charge in [0.1, 0.15) is 0 Å². The van der Waals surface area contributed by atoms with Crippen LogP contribution in [0.1, 0.15) is 0 Å². The molecule has 0 saturated heterocycles. The van der Waals surface area contributed by atoms with Crippen LogP contribution in [0, 0.1) is 0 Å². The molecule has 5 heteroatoms. The van der Waals surface area contributed by atoms with Gasteiger partial charge in [-0.25, -0.2) is 4.98 Å². The van der Waals surface area contributed by atoms with E-state index in [9.17, 15) is 4.79 Å². The lowest BCUT2D eigenvalue weighted by atomic mass is 10.1. The molecular formula is C20H13N3OS. The number of nitrogens with zero attached hydrogens (tertiary/aromatic N) is 1. The lowest BCUT2D eigenvalue weighted by Crippen LogP contribution is -2.04. The SMILES string of the molecule is O=c1c2ccccc2[nH]c2cc(Nc3nc4ccccc4s3)ccc12. The Balaban J connectivity index is 1.62. The number of nitrogens with one attached hydrogen (secondary N) is 2. The van der Waals surface area contributed by atoms with Crippen LogP contribution in [0.25, 0.3) is 32.0 Å². The summed E-state index contributed by atoms with van der Waals surface area (Å²) in [6, 6.07) is 21.4. The molecule has 4 nitrogen and oxygen atoms in total. The first-order chi connectivity index (χ1) is 12.3. The van der Waals surface area contributed by atoms with E-state index in [-0.39, 0.29) is 5.43 Å². The molecule has 0 amide bonds. The molecule has 2 N–H and O–H groups in total. The smallest absolute Gasteiger partial charge is 0.197 e. The fraction of sp³-hybridized carbons (Fsp3) is 0. The molecule has 120 valence electrons. The number of para-hydroxylation sites is 2. The van der Waals surface area contributed by atoms with Crippen LogP contribution in [0.5, 0.6) is 0 Å². The highest BCUT2D eigenvalue weighted by molar-refractivity contribution is 7.22. The van der Waals surface area contributed by atoms with Gasteiger partial charge in [-0.1, -0.05) is 35.6 Å². The van der Waals surface area contributed by atoms with Crippen molar-refractivity contribution >= 4 is 54.2 Å². The summed E-state index contributed by atoms with van der Waals surface area (Å²) in [5, 5.41) is 5.57. The number of rotatable bonds is 2. The molecule has 0 radical (unpaired) electrons. The van der Waals surface area contributed by atoms with Crippen LogP contribution in [0.3, 0.4) is 0 Å². The number of aromatic amines is 1. The minimum absolute atomic E-state index is 0.0517. The third kappa shape index (κ3) is 2.37. The Kier molecular flexibility index (Phi) is 3.08. The molecule has 0 fully saturated rings. The van der Waals surface area contributed by atoms with Crippen molar-refractivity contribution in [1.29, 1.82) is 0 Å². The Morgan fingerprint density at radius 1 is 0.880 bits per heavy atom. The minimum Gasteiger partial charge on any atom is -0.354 e. The van der Waals surface area contributed by atoms with E-state index < -0.39 is 0 Å². The van der Waals surface area contributed by atoms with Crippen molar-refractivity contribution in [3.8, 4) is 0 Å². The Hall–Kier alpha value is -3.18. The van der Waals surface area contributed by atoms with Crippen LogP contribution in [0.2, 0.25) is 0 Å². The van der Waals surface area contributed by atoms with E-state index in [1.54, 1.807) is 11.3 Å². The van der Waals surface area contributed by atoms with Gasteiger partial charge in [0, 0.05) is 22.0 Å². The summed E-state index contributed by atoms with van der Waals surface area (Å²) in [7, 11) is 0. The highest BCUT2D eigenvalue weighted by Gasteiger charge is 2.07. The number of anilines is 2. The molecule has 0 aliphatic carbocycles. The molecule has 0 saturated carbocycles. The minimum atomic E-state index is 0.0517. The molecular weight excluding hydrogens is 330 g/mol. The van der Waals surface area contributed by atoms with Gasteiger partial charge in [-0.05, 0) is 42.5 Å². The van der Waals surface area contributed by atoms with Crippen molar-refractivity contribution in [2.75, 3.05) is 5.32 Å². The zero-order chi connectivity index (χ0) is 16.8. The number of fused-ring (bicyclic) bond motifs is 3. The van der Waals surface area contributed by atoms with E-state index in [1.807, 2.05) is 60.7 Å². The second kappa shape index (κ2) is 5.43. The predicted molar refractivity (Wildman–Crippen MR) is 105 cm³/mol. The average Bonchev–Trinajstić information content (AvgIpc) is 3.04. The molecule has 25 heavy (non-hydrogen) atoms. The van der Waals surface area contributed by atoms with Crippen molar-refractivity contribution in [2.45, 2.75) is 0 Å². The largest absolute Gasteiger partial charge is 0.354 e. The summed E-state index contributed by atoms with van der Waals surface area (Å²) in [6.07, 6.45) is 0. The number of hydrogen-bond acceptors (Lipinski definition) is 4. The Labute approximate surface area is 146 Å². The van der Waals surface area contributed by atoms with Crippen LogP contribution in [-0.2, 0) is 0 Å². The summed E-state index contributed by atoms with van der Waals surface area (Å²) in [6.45, 7) is 0. The summed E-state index contributed by atoms with van der Waals surface area (Å²) >= 11 is 1.61. The van der Waals surface area contributed by atoms with Gasteiger partial charge in [-0.3, -0.25) is 4.79 Å². The zero-order valence-electron chi connectivity index (χ0n) is 13.1. The Morgan fingerprint density at radius 3 is 2.60 bits per heavy atom. The second-order valence-corrected chi connectivity index (χ2v) is 6.90. The summed E-state index contributed by atoms with van der Waals surface area (Å²) in [5.41, 5.74) is 3.59. The molecule has 2 aromatic heterocycles. The zero-order valence-corrected chi connectivity index (χ0v) is 13.9. The van der Waals surface area contributed by atoms with Gasteiger partial charge in [-0.15, -0.1) is 0 Å². The molecule has 0 aliphatic rings. The van der Waals surface area contributed by atoms with Gasteiger partial charge in [0.15, 0.2) is 10.6 Å². The molecule has 0 spiro atoms. The fourth-order valence-electron chi connectivity index (χ4n) is 3.05. The number of pyridine rings is 1. The molecule has 0 aliphatic heterocycles. The van der Waals surface area contributed by atoms with Crippen molar-refractivity contribution in [3.05, 3.63) is 77.0 Å². The highest BCUT2D eigenvalue weighted by Crippen LogP contribution is 2.29. The Bertz CT molecular complexity index is 1270. The third-order valence-corrected chi connectivity index (χ3v) is 5.20. The topological polar surface area (TPSA) is 57.8 Å². The van der Waals surface area contributed by atoms with Crippen LogP contribution >= 0.6 is 11.3 Å². The number of aromatic nitrogens is 2. The number of thiazole rings is 1. The molecule has 3 aromatic carbocycles. The van der Waals surface area contributed by atoms with Gasteiger partial charge in [0.2, 0.25) is 0 Å². The molecule has 5 rings (SSSR count). The van der Waals surface area contributed by atoms with Crippen LogP contribution in [-0.4, -0.2) is 9.97 Å². The van der Waals surface area contributed by atoms with Crippen LogP contribution < -0.4 is 10.7 Å². The second-order valence-electron chi connectivity index (χ2n) is 5.87. The van der Waals surface area contributed by atoms with Crippen LogP contribution in [0.15, 0.2) is 71.5 Å². The number of benzene rings is 3. The quantitative estimate of drug-likeness (QED) is 0.442. The first-order valence-corrected chi connectivity index (χ1v) is 8.77. The van der Waals surface area contributed by atoms with Crippen molar-refractivity contribution in [1.82, 2.24) is 9.97 Å². The van der Waals surface area contributed by atoms with Crippen LogP contribution in [0.4, 0.5) is 10.8 Å². The molecule has 0 bridgehead atoms. The lowest BCUT2D eigenvalue weighted by Gasteiger charge is -2.06. The maximum Gasteiger partial charge on any atom is 0.197 e. The van der Waals surface area contributed by atoms with Gasteiger partial charge in [0.05, 0.1) is 15.7 Å². The normalized spacial score (nSPS) is 11.4. The van der Waals surface area contributed by atoms with Crippen molar-refractivity contribution < 1.29 is 0 Å². The maximum atomic E-state index is 12.6. The molecule has 2 heterocycles. The van der Waals surface area contributed by atoms with Gasteiger partial charge in [0.25, 0.3) is 0 Å². The number of hydrogen-bond donors (Lipinski definition) is 2. The monoisotopic (exact) mass is 343 g/mol. The summed E-state index contributed by atoms with van der Waals surface area (Å²) in [5.74, 6) is 0. The molecule has 0 unspecified atom stereocenters. The van der Waals surface area contributed by atoms with Crippen molar-refractivity contribution in [2.24, 2.45) is 0 Å². The van der Waals surface area contributed by atoms with Gasteiger partial charge < -0.3 is 10.3 Å². The molecule has 0 atom stereocenters. The van der Waals surface area contributed by atoms with E-state index >= 15 is 0 Å². The summed E-state index contributed by atoms with van der Waals surface area (Å²) < 4.78 is 1.14. The first-order valence-electron chi connectivity index (χ1n) is 7.95. The lowest BCUT2D eigenvalue weighted by molar-refractivity contribution is 1.43. The van der Waals surface area contributed by atoms with E-state index in [1.165, 1.54) is 0 Å². The van der Waals surface area contributed by atoms with Crippen molar-refractivity contribution in [3.63, 3.8) is 0 Å². The molecule has 5 aromatic rings. The highest BCUT2D eigenvalue weighted by atomic mass is 32.1. The number of H-pyrrole nitrogens is 1. The third-order valence-electron chi connectivity index (χ3n) is 4.25. The Morgan fingerprint density at radius 2 is 1.68 bits per heavy atom. The fourth-order valence-corrected chi connectivity index (χ4v) is 3.94. The first kappa shape index (κ1) is 14.2. The average molecular weight is 343 g/mol. The standard InChI is InChI=1S/C20H13N3OS/c24-19-13-5-1-2-6-15(13)22-17-11-12(9-10-14(17)19)21-20-23-16-7-3-4-8-18(16)25-20/h1-11H,(H,21,23)(H,22,24). The maximum absolute atomic E-state index is 12.6. The van der Waals surface area contributed by atoms with E-state index in [0.29, 0.717) is 10.8 Å². The van der Waals surface area contributed by atoms with E-state index in [4.69, 9.17) is 0 Å².